The molecule has 2 aromatic rings. The van der Waals surface area contributed by atoms with Crippen molar-refractivity contribution in [2.75, 3.05) is 22.5 Å². The maximum atomic E-state index is 13.1. The molecule has 1 amide bonds. The minimum atomic E-state index is -3.74. The summed E-state index contributed by atoms with van der Waals surface area (Å²) in [5.41, 5.74) is 1.76. The van der Waals surface area contributed by atoms with Crippen LogP contribution in [0.15, 0.2) is 48.5 Å². The van der Waals surface area contributed by atoms with Crippen molar-refractivity contribution in [1.82, 2.24) is 0 Å². The first-order valence-electron chi connectivity index (χ1n) is 9.32. The van der Waals surface area contributed by atoms with Crippen molar-refractivity contribution >= 4 is 33.3 Å². The zero-order chi connectivity index (χ0) is 21.6. The number of benzene rings is 2. The quantitative estimate of drug-likeness (QED) is 0.664. The molecule has 0 aliphatic heterocycles. The Labute approximate surface area is 171 Å². The lowest BCUT2D eigenvalue weighted by Gasteiger charge is -2.30. The van der Waals surface area contributed by atoms with Crippen LogP contribution >= 0.6 is 0 Å². The van der Waals surface area contributed by atoms with Crippen LogP contribution in [0.2, 0.25) is 0 Å². The van der Waals surface area contributed by atoms with Crippen LogP contribution in [-0.2, 0) is 19.6 Å². The molecule has 0 aliphatic rings. The van der Waals surface area contributed by atoms with Crippen molar-refractivity contribution in [2.45, 2.75) is 33.2 Å². The van der Waals surface area contributed by atoms with Crippen LogP contribution in [0.3, 0.4) is 0 Å². The molecule has 0 radical (unpaired) electrons. The highest BCUT2D eigenvalue weighted by atomic mass is 32.2. The summed E-state index contributed by atoms with van der Waals surface area (Å²) in [6, 6.07) is 12.4. The summed E-state index contributed by atoms with van der Waals surface area (Å²) in [4.78, 5) is 25.2. The fourth-order valence-corrected chi connectivity index (χ4v) is 4.22. The van der Waals surface area contributed by atoms with Gasteiger partial charge in [0.05, 0.1) is 29.8 Å². The van der Waals surface area contributed by atoms with Crippen LogP contribution < -0.4 is 9.62 Å². The number of aryl methyl sites for hydroxylation is 1. The Morgan fingerprint density at radius 2 is 1.79 bits per heavy atom. The third-order valence-corrected chi connectivity index (χ3v) is 5.45. The second kappa shape index (κ2) is 9.56. The van der Waals surface area contributed by atoms with Gasteiger partial charge in [-0.15, -0.1) is 0 Å². The number of hydrogen-bond donors (Lipinski definition) is 1. The highest BCUT2D eigenvalue weighted by Crippen LogP contribution is 2.25. The van der Waals surface area contributed by atoms with E-state index in [2.05, 4.69) is 5.32 Å². The number of amides is 1. The van der Waals surface area contributed by atoms with Gasteiger partial charge in [0.2, 0.25) is 15.9 Å². The molecule has 2 aromatic carbocycles. The number of anilines is 2. The van der Waals surface area contributed by atoms with Gasteiger partial charge in [0.25, 0.3) is 0 Å². The minimum absolute atomic E-state index is 0.202. The molecule has 1 atom stereocenters. The van der Waals surface area contributed by atoms with Gasteiger partial charge in [-0.1, -0.05) is 31.2 Å². The van der Waals surface area contributed by atoms with E-state index >= 15 is 0 Å². The van der Waals surface area contributed by atoms with Crippen molar-refractivity contribution in [3.8, 4) is 0 Å². The largest absolute Gasteiger partial charge is 0.462 e. The van der Waals surface area contributed by atoms with Crippen LogP contribution in [-0.4, -0.2) is 39.2 Å². The topological polar surface area (TPSA) is 92.8 Å². The smallest absolute Gasteiger partial charge is 0.340 e. The van der Waals surface area contributed by atoms with Crippen LogP contribution in [0, 0.1) is 6.92 Å². The van der Waals surface area contributed by atoms with E-state index in [0.717, 1.165) is 16.1 Å². The fraction of sp³-hybridized carbons (Fsp3) is 0.333. The second-order valence-electron chi connectivity index (χ2n) is 6.58. The maximum Gasteiger partial charge on any atom is 0.340 e. The molecule has 0 aliphatic carbocycles. The average molecular weight is 419 g/mol. The molecule has 1 N–H and O–H groups in total. The normalized spacial score (nSPS) is 12.1. The molecule has 0 heterocycles. The Bertz CT molecular complexity index is 988. The van der Waals surface area contributed by atoms with E-state index in [0.29, 0.717) is 5.69 Å². The number of esters is 1. The molecule has 2 rings (SSSR count). The van der Waals surface area contributed by atoms with Gasteiger partial charge in [0.15, 0.2) is 0 Å². The van der Waals surface area contributed by atoms with E-state index in [1.165, 1.54) is 0 Å². The Morgan fingerprint density at radius 1 is 1.10 bits per heavy atom. The maximum absolute atomic E-state index is 13.1. The van der Waals surface area contributed by atoms with Gasteiger partial charge in [0.1, 0.15) is 6.04 Å². The fourth-order valence-electron chi connectivity index (χ4n) is 3.02. The van der Waals surface area contributed by atoms with Crippen LogP contribution in [0.4, 0.5) is 11.4 Å². The average Bonchev–Trinajstić information content (AvgIpc) is 2.65. The number of nitrogens with one attached hydrogen (secondary N) is 1. The monoisotopic (exact) mass is 418 g/mol. The molecular weight excluding hydrogens is 392 g/mol. The number of ether oxygens (including phenoxy) is 1. The Hall–Kier alpha value is -2.87. The lowest BCUT2D eigenvalue weighted by Crippen LogP contribution is -2.47. The number of para-hydroxylation sites is 1. The van der Waals surface area contributed by atoms with Crippen molar-refractivity contribution in [2.24, 2.45) is 0 Å². The van der Waals surface area contributed by atoms with Crippen LogP contribution in [0.1, 0.15) is 36.2 Å². The van der Waals surface area contributed by atoms with Crippen molar-refractivity contribution in [1.29, 1.82) is 0 Å². The summed E-state index contributed by atoms with van der Waals surface area (Å²) in [6.07, 6.45) is 1.31. The standard InChI is InChI=1S/C21H26N2O5S/c1-5-19(23(29(4,26)27)16-11-9-10-15(3)14-16)20(24)22-18-13-8-7-12-17(18)21(25)28-6-2/h7-14,19H,5-6H2,1-4H3,(H,22,24). The molecular formula is C21H26N2O5S. The molecule has 1 unspecified atom stereocenters. The van der Waals surface area contributed by atoms with Crippen LogP contribution in [0.5, 0.6) is 0 Å². The third kappa shape index (κ3) is 5.57. The van der Waals surface area contributed by atoms with E-state index < -0.39 is 27.9 Å². The lowest BCUT2D eigenvalue weighted by atomic mass is 10.1. The van der Waals surface area contributed by atoms with Gasteiger partial charge in [-0.25, -0.2) is 13.2 Å². The molecule has 29 heavy (non-hydrogen) atoms. The number of nitrogens with zero attached hydrogens (tertiary/aromatic N) is 1. The zero-order valence-electron chi connectivity index (χ0n) is 17.0. The molecule has 0 aromatic heterocycles. The van der Waals surface area contributed by atoms with Crippen molar-refractivity contribution < 1.29 is 22.7 Å². The number of rotatable bonds is 8. The van der Waals surface area contributed by atoms with Gasteiger partial charge < -0.3 is 10.1 Å². The van der Waals surface area contributed by atoms with E-state index in [-0.39, 0.29) is 24.3 Å². The first-order valence-corrected chi connectivity index (χ1v) is 11.2. The summed E-state index contributed by atoms with van der Waals surface area (Å²) < 4.78 is 31.2. The molecule has 0 fully saturated rings. The molecule has 8 heteroatoms. The number of hydrogen-bond acceptors (Lipinski definition) is 5. The molecule has 0 saturated heterocycles. The lowest BCUT2D eigenvalue weighted by molar-refractivity contribution is -0.117. The number of sulfonamides is 1. The number of carbonyl (C=O) groups excluding carboxylic acids is 2. The molecule has 7 nitrogen and oxygen atoms in total. The summed E-state index contributed by atoms with van der Waals surface area (Å²) in [5.74, 6) is -1.09. The molecule has 0 spiro atoms. The SMILES string of the molecule is CCOC(=O)c1ccccc1NC(=O)C(CC)N(c1cccc(C)c1)S(C)(=O)=O. The first kappa shape index (κ1) is 22.4. The Morgan fingerprint density at radius 3 is 2.38 bits per heavy atom. The third-order valence-electron chi connectivity index (χ3n) is 4.27. The van der Waals surface area contributed by atoms with E-state index in [4.69, 9.17) is 4.74 Å². The van der Waals surface area contributed by atoms with E-state index in [1.807, 2.05) is 13.0 Å². The highest BCUT2D eigenvalue weighted by Gasteiger charge is 2.32. The van der Waals surface area contributed by atoms with Crippen molar-refractivity contribution in [3.05, 3.63) is 59.7 Å². The molecule has 0 saturated carbocycles. The zero-order valence-corrected chi connectivity index (χ0v) is 17.8. The number of carbonyl (C=O) groups is 2. The second-order valence-corrected chi connectivity index (χ2v) is 8.44. The Balaban J connectivity index is 2.40. The summed E-state index contributed by atoms with van der Waals surface area (Å²) in [5, 5.41) is 2.69. The summed E-state index contributed by atoms with van der Waals surface area (Å²) in [6.45, 7) is 5.47. The van der Waals surface area contributed by atoms with Gasteiger partial charge >= 0.3 is 5.97 Å². The summed E-state index contributed by atoms with van der Waals surface area (Å²) >= 11 is 0. The van der Waals surface area contributed by atoms with Crippen LogP contribution in [0.25, 0.3) is 0 Å². The van der Waals surface area contributed by atoms with E-state index in [1.54, 1.807) is 56.3 Å². The first-order chi connectivity index (χ1) is 13.7. The summed E-state index contributed by atoms with van der Waals surface area (Å²) in [7, 11) is -3.74. The van der Waals surface area contributed by atoms with Gasteiger partial charge in [-0.3, -0.25) is 9.10 Å². The minimum Gasteiger partial charge on any atom is -0.462 e. The van der Waals surface area contributed by atoms with Gasteiger partial charge in [-0.2, -0.15) is 0 Å². The van der Waals surface area contributed by atoms with E-state index in [9.17, 15) is 18.0 Å². The van der Waals surface area contributed by atoms with Gasteiger partial charge in [0, 0.05) is 0 Å². The Kier molecular flexibility index (Phi) is 7.39. The molecule has 156 valence electrons. The predicted octanol–water partition coefficient (Wildman–Crippen LogP) is 3.36. The highest BCUT2D eigenvalue weighted by molar-refractivity contribution is 7.92. The van der Waals surface area contributed by atoms with Gasteiger partial charge in [-0.05, 0) is 50.1 Å². The van der Waals surface area contributed by atoms with Crippen molar-refractivity contribution in [3.63, 3.8) is 0 Å². The predicted molar refractivity (Wildman–Crippen MR) is 114 cm³/mol. The molecule has 0 bridgehead atoms.